The number of amides is 1. The van der Waals surface area contributed by atoms with Crippen LogP contribution in [-0.4, -0.2) is 21.0 Å². The molecule has 0 saturated heterocycles. The first kappa shape index (κ1) is 18.6. The topological polar surface area (TPSA) is 80.9 Å². The maximum atomic E-state index is 12.6. The van der Waals surface area contributed by atoms with Crippen LogP contribution in [-0.2, 0) is 11.2 Å². The van der Waals surface area contributed by atoms with Crippen LogP contribution >= 0.6 is 0 Å². The van der Waals surface area contributed by atoms with Gasteiger partial charge in [0.15, 0.2) is 0 Å². The molecule has 0 aliphatic rings. The number of aryl methyl sites for hydroxylation is 1. The molecule has 0 unspecified atom stereocenters. The van der Waals surface area contributed by atoms with Gasteiger partial charge in [0.05, 0.1) is 6.04 Å². The van der Waals surface area contributed by atoms with Crippen LogP contribution in [0, 0.1) is 0 Å². The monoisotopic (exact) mass is 384 g/mol. The van der Waals surface area contributed by atoms with Gasteiger partial charge >= 0.3 is 0 Å². The van der Waals surface area contributed by atoms with Crippen molar-refractivity contribution >= 4 is 5.91 Å². The molecule has 0 bridgehead atoms. The summed E-state index contributed by atoms with van der Waals surface area (Å²) in [5.74, 6) is 0.851. The van der Waals surface area contributed by atoms with E-state index in [4.69, 9.17) is 4.52 Å². The number of carbonyl (C=O) groups excluding carboxylic acids is 1. The lowest BCUT2D eigenvalue weighted by Gasteiger charge is -2.19. The number of hydrogen-bond acceptors (Lipinski definition) is 5. The van der Waals surface area contributed by atoms with Gasteiger partial charge in [0, 0.05) is 30.8 Å². The molecule has 29 heavy (non-hydrogen) atoms. The molecule has 1 N–H and O–H groups in total. The zero-order valence-electron chi connectivity index (χ0n) is 15.7. The van der Waals surface area contributed by atoms with Crippen LogP contribution in [0.25, 0.3) is 11.4 Å². The van der Waals surface area contributed by atoms with Gasteiger partial charge in [0.2, 0.25) is 17.6 Å². The fourth-order valence-electron chi connectivity index (χ4n) is 3.08. The van der Waals surface area contributed by atoms with Crippen LogP contribution < -0.4 is 5.32 Å². The normalized spacial score (nSPS) is 10.8. The molecule has 6 heteroatoms. The van der Waals surface area contributed by atoms with Gasteiger partial charge in [-0.15, -0.1) is 0 Å². The summed E-state index contributed by atoms with van der Waals surface area (Å²) < 4.78 is 5.28. The summed E-state index contributed by atoms with van der Waals surface area (Å²) in [6.45, 7) is 0. The molecule has 0 aliphatic heterocycles. The molecular weight excluding hydrogens is 364 g/mol. The van der Waals surface area contributed by atoms with Crippen LogP contribution in [0.4, 0.5) is 0 Å². The minimum absolute atomic E-state index is 0.0774. The maximum absolute atomic E-state index is 12.6. The molecular formula is C23H20N4O2. The number of hydrogen-bond donors (Lipinski definition) is 1. The highest BCUT2D eigenvalue weighted by atomic mass is 16.5. The first-order valence-electron chi connectivity index (χ1n) is 9.42. The predicted molar refractivity (Wildman–Crippen MR) is 109 cm³/mol. The van der Waals surface area contributed by atoms with Crippen LogP contribution in [0.15, 0.2) is 89.7 Å². The standard InChI is InChI=1S/C23H20N4O2/c28-20(11-12-21-26-23(27-29-21)19-13-15-24-16-14-19)25-22(17-7-3-1-4-8-17)18-9-5-2-6-10-18/h1-10,13-16,22H,11-12H2,(H,25,28). The summed E-state index contributed by atoms with van der Waals surface area (Å²) in [7, 11) is 0. The molecule has 6 nitrogen and oxygen atoms in total. The average molecular weight is 384 g/mol. The molecule has 0 radical (unpaired) electrons. The van der Waals surface area contributed by atoms with Crippen molar-refractivity contribution < 1.29 is 9.32 Å². The van der Waals surface area contributed by atoms with Crippen molar-refractivity contribution in [1.29, 1.82) is 0 Å². The maximum Gasteiger partial charge on any atom is 0.227 e. The third kappa shape index (κ3) is 4.73. The predicted octanol–water partition coefficient (Wildman–Crippen LogP) is 3.97. The van der Waals surface area contributed by atoms with E-state index in [1.54, 1.807) is 12.4 Å². The van der Waals surface area contributed by atoms with E-state index < -0.39 is 0 Å². The van der Waals surface area contributed by atoms with Crippen molar-refractivity contribution in [2.45, 2.75) is 18.9 Å². The molecule has 0 aliphatic carbocycles. The zero-order chi connectivity index (χ0) is 19.9. The Balaban J connectivity index is 1.42. The quantitative estimate of drug-likeness (QED) is 0.521. The zero-order valence-corrected chi connectivity index (χ0v) is 15.7. The summed E-state index contributed by atoms with van der Waals surface area (Å²) in [5, 5.41) is 7.10. The van der Waals surface area contributed by atoms with E-state index in [9.17, 15) is 4.79 Å². The van der Waals surface area contributed by atoms with E-state index in [2.05, 4.69) is 20.4 Å². The fourth-order valence-corrected chi connectivity index (χ4v) is 3.08. The van der Waals surface area contributed by atoms with E-state index >= 15 is 0 Å². The number of nitrogens with one attached hydrogen (secondary N) is 1. The highest BCUT2D eigenvalue weighted by molar-refractivity contribution is 5.77. The van der Waals surface area contributed by atoms with Crippen LogP contribution in [0.3, 0.4) is 0 Å². The Morgan fingerprint density at radius 1 is 0.897 bits per heavy atom. The van der Waals surface area contributed by atoms with Gasteiger partial charge in [-0.2, -0.15) is 4.98 Å². The van der Waals surface area contributed by atoms with Crippen molar-refractivity contribution in [3.63, 3.8) is 0 Å². The summed E-state index contributed by atoms with van der Waals surface area (Å²) >= 11 is 0. The Kier molecular flexibility index (Phi) is 5.71. The molecule has 1 amide bonds. The van der Waals surface area contributed by atoms with Gasteiger partial charge in [-0.05, 0) is 23.3 Å². The largest absolute Gasteiger partial charge is 0.345 e. The minimum Gasteiger partial charge on any atom is -0.345 e. The van der Waals surface area contributed by atoms with E-state index in [-0.39, 0.29) is 18.4 Å². The van der Waals surface area contributed by atoms with Gasteiger partial charge in [-0.1, -0.05) is 65.8 Å². The molecule has 2 aromatic heterocycles. The lowest BCUT2D eigenvalue weighted by atomic mass is 9.98. The van der Waals surface area contributed by atoms with Gasteiger partial charge < -0.3 is 9.84 Å². The minimum atomic E-state index is -0.208. The van der Waals surface area contributed by atoms with Gasteiger partial charge in [-0.25, -0.2) is 0 Å². The van der Waals surface area contributed by atoms with Crippen molar-refractivity contribution in [2.75, 3.05) is 0 Å². The second-order valence-corrected chi connectivity index (χ2v) is 6.57. The van der Waals surface area contributed by atoms with E-state index in [0.717, 1.165) is 16.7 Å². The van der Waals surface area contributed by atoms with E-state index in [1.807, 2.05) is 72.8 Å². The van der Waals surface area contributed by atoms with Crippen molar-refractivity contribution in [2.24, 2.45) is 0 Å². The highest BCUT2D eigenvalue weighted by Gasteiger charge is 2.17. The van der Waals surface area contributed by atoms with Crippen molar-refractivity contribution in [3.05, 3.63) is 102 Å². The Morgan fingerprint density at radius 2 is 1.52 bits per heavy atom. The number of aromatic nitrogens is 3. The highest BCUT2D eigenvalue weighted by Crippen LogP contribution is 2.22. The smallest absolute Gasteiger partial charge is 0.227 e. The van der Waals surface area contributed by atoms with E-state index in [1.165, 1.54) is 0 Å². The Bertz CT molecular complexity index is 1010. The summed E-state index contributed by atoms with van der Waals surface area (Å²) in [5.41, 5.74) is 2.89. The van der Waals surface area contributed by atoms with Gasteiger partial charge in [-0.3, -0.25) is 9.78 Å². The Hall–Kier alpha value is -3.80. The van der Waals surface area contributed by atoms with Crippen molar-refractivity contribution in [3.8, 4) is 11.4 Å². The van der Waals surface area contributed by atoms with Gasteiger partial charge in [0.25, 0.3) is 0 Å². The number of pyridine rings is 1. The second kappa shape index (κ2) is 8.93. The molecule has 2 aromatic carbocycles. The third-order valence-electron chi connectivity index (χ3n) is 4.54. The lowest BCUT2D eigenvalue weighted by Crippen LogP contribution is -2.29. The van der Waals surface area contributed by atoms with Crippen LogP contribution in [0.2, 0.25) is 0 Å². The average Bonchev–Trinajstić information content (AvgIpc) is 3.27. The molecule has 0 saturated carbocycles. The van der Waals surface area contributed by atoms with Crippen LogP contribution in [0.5, 0.6) is 0 Å². The molecule has 2 heterocycles. The fraction of sp³-hybridized carbons (Fsp3) is 0.130. The van der Waals surface area contributed by atoms with Gasteiger partial charge in [0.1, 0.15) is 0 Å². The summed E-state index contributed by atoms with van der Waals surface area (Å²) in [6, 6.07) is 23.3. The summed E-state index contributed by atoms with van der Waals surface area (Å²) in [6.07, 6.45) is 3.98. The number of nitrogens with zero attached hydrogens (tertiary/aromatic N) is 3. The number of benzene rings is 2. The Morgan fingerprint density at radius 3 is 2.14 bits per heavy atom. The molecule has 0 fully saturated rings. The lowest BCUT2D eigenvalue weighted by molar-refractivity contribution is -0.121. The first-order valence-corrected chi connectivity index (χ1v) is 9.42. The molecule has 4 aromatic rings. The number of rotatable bonds is 7. The third-order valence-corrected chi connectivity index (χ3v) is 4.54. The molecule has 4 rings (SSSR count). The molecule has 0 spiro atoms. The summed E-state index contributed by atoms with van der Waals surface area (Å²) in [4.78, 5) is 21.0. The second-order valence-electron chi connectivity index (χ2n) is 6.57. The molecule has 0 atom stereocenters. The number of carbonyl (C=O) groups is 1. The molecule has 144 valence electrons. The van der Waals surface area contributed by atoms with E-state index in [0.29, 0.717) is 18.1 Å². The first-order chi connectivity index (χ1) is 14.3. The van der Waals surface area contributed by atoms with Crippen LogP contribution in [0.1, 0.15) is 29.5 Å². The Labute approximate surface area is 168 Å². The SMILES string of the molecule is O=C(CCc1nc(-c2ccncc2)no1)NC(c1ccccc1)c1ccccc1. The van der Waals surface area contributed by atoms with Crippen molar-refractivity contribution in [1.82, 2.24) is 20.4 Å².